The highest BCUT2D eigenvalue weighted by molar-refractivity contribution is 4.79. The van der Waals surface area contributed by atoms with E-state index in [1.165, 1.54) is 0 Å². The van der Waals surface area contributed by atoms with E-state index in [4.69, 9.17) is 10.5 Å². The molecule has 74 valence electrons. The van der Waals surface area contributed by atoms with E-state index in [1.807, 2.05) is 0 Å². The standard InChI is InChI=1S/C10H23NO/c1-5-10(3,8-11)9(2)6-7-12-4/h9H,5-8,11H2,1-4H3. The van der Waals surface area contributed by atoms with E-state index >= 15 is 0 Å². The molecule has 2 unspecified atom stereocenters. The van der Waals surface area contributed by atoms with Crippen LogP contribution in [0.25, 0.3) is 0 Å². The quantitative estimate of drug-likeness (QED) is 0.667. The van der Waals surface area contributed by atoms with Gasteiger partial charge in [0.15, 0.2) is 0 Å². The first-order chi connectivity index (χ1) is 5.60. The molecule has 12 heavy (non-hydrogen) atoms. The fraction of sp³-hybridized carbons (Fsp3) is 1.00. The molecule has 0 aliphatic carbocycles. The molecule has 0 aromatic heterocycles. The van der Waals surface area contributed by atoms with Crippen LogP contribution in [-0.2, 0) is 4.74 Å². The van der Waals surface area contributed by atoms with Crippen molar-refractivity contribution in [1.82, 2.24) is 0 Å². The van der Waals surface area contributed by atoms with Crippen molar-refractivity contribution in [2.75, 3.05) is 20.3 Å². The largest absolute Gasteiger partial charge is 0.385 e. The average Bonchev–Trinajstić information content (AvgIpc) is 2.12. The Morgan fingerprint density at radius 3 is 2.42 bits per heavy atom. The third kappa shape index (κ3) is 3.11. The zero-order chi connectivity index (χ0) is 9.61. The Morgan fingerprint density at radius 2 is 2.08 bits per heavy atom. The van der Waals surface area contributed by atoms with Crippen LogP contribution in [0.4, 0.5) is 0 Å². The Bertz CT molecular complexity index is 110. The number of rotatable bonds is 6. The molecule has 0 radical (unpaired) electrons. The minimum atomic E-state index is 0.290. The molecule has 0 aliphatic rings. The van der Waals surface area contributed by atoms with Gasteiger partial charge in [-0.3, -0.25) is 0 Å². The normalized spacial score (nSPS) is 18.8. The zero-order valence-electron chi connectivity index (χ0n) is 8.89. The van der Waals surface area contributed by atoms with E-state index < -0.39 is 0 Å². The second-order valence-electron chi connectivity index (χ2n) is 3.89. The smallest absolute Gasteiger partial charge is 0.0465 e. The molecule has 0 fully saturated rings. The summed E-state index contributed by atoms with van der Waals surface area (Å²) in [6.07, 6.45) is 2.26. The monoisotopic (exact) mass is 173 g/mol. The van der Waals surface area contributed by atoms with Gasteiger partial charge in [0.1, 0.15) is 0 Å². The van der Waals surface area contributed by atoms with Crippen LogP contribution < -0.4 is 5.73 Å². The number of nitrogens with two attached hydrogens (primary N) is 1. The van der Waals surface area contributed by atoms with Crippen molar-refractivity contribution in [3.05, 3.63) is 0 Å². The fourth-order valence-corrected chi connectivity index (χ4v) is 1.34. The van der Waals surface area contributed by atoms with Crippen LogP contribution >= 0.6 is 0 Å². The minimum Gasteiger partial charge on any atom is -0.385 e. The molecule has 2 atom stereocenters. The summed E-state index contributed by atoms with van der Waals surface area (Å²) in [5, 5.41) is 0. The lowest BCUT2D eigenvalue weighted by Crippen LogP contribution is -2.33. The first-order valence-electron chi connectivity index (χ1n) is 4.79. The SMILES string of the molecule is CCC(C)(CN)C(C)CCOC. The van der Waals surface area contributed by atoms with Crippen molar-refractivity contribution in [1.29, 1.82) is 0 Å². The first-order valence-corrected chi connectivity index (χ1v) is 4.79. The van der Waals surface area contributed by atoms with Gasteiger partial charge >= 0.3 is 0 Å². The first kappa shape index (κ1) is 11.9. The molecule has 2 nitrogen and oxygen atoms in total. The van der Waals surface area contributed by atoms with Gasteiger partial charge in [0, 0.05) is 13.7 Å². The zero-order valence-corrected chi connectivity index (χ0v) is 8.89. The van der Waals surface area contributed by atoms with E-state index in [-0.39, 0.29) is 0 Å². The van der Waals surface area contributed by atoms with E-state index in [2.05, 4.69) is 20.8 Å². The predicted octanol–water partition coefficient (Wildman–Crippen LogP) is 2.03. The van der Waals surface area contributed by atoms with Gasteiger partial charge in [-0.05, 0) is 30.7 Å². The highest BCUT2D eigenvalue weighted by Gasteiger charge is 2.26. The van der Waals surface area contributed by atoms with Gasteiger partial charge in [-0.25, -0.2) is 0 Å². The lowest BCUT2D eigenvalue weighted by molar-refractivity contribution is 0.127. The molecule has 0 amide bonds. The Hall–Kier alpha value is -0.0800. The highest BCUT2D eigenvalue weighted by atomic mass is 16.5. The van der Waals surface area contributed by atoms with Crippen molar-refractivity contribution in [3.63, 3.8) is 0 Å². The maximum atomic E-state index is 5.75. The van der Waals surface area contributed by atoms with Gasteiger partial charge in [0.05, 0.1) is 0 Å². The topological polar surface area (TPSA) is 35.2 Å². The van der Waals surface area contributed by atoms with Gasteiger partial charge in [-0.15, -0.1) is 0 Å². The van der Waals surface area contributed by atoms with Crippen LogP contribution in [0.5, 0.6) is 0 Å². The van der Waals surface area contributed by atoms with Crippen LogP contribution in [0.1, 0.15) is 33.6 Å². The molecule has 0 saturated heterocycles. The van der Waals surface area contributed by atoms with E-state index in [1.54, 1.807) is 7.11 Å². The predicted molar refractivity (Wildman–Crippen MR) is 53.1 cm³/mol. The highest BCUT2D eigenvalue weighted by Crippen LogP contribution is 2.31. The summed E-state index contributed by atoms with van der Waals surface area (Å²) in [5.41, 5.74) is 6.04. The molecular formula is C10H23NO. The molecule has 0 spiro atoms. The van der Waals surface area contributed by atoms with Gasteiger partial charge in [0.25, 0.3) is 0 Å². The molecule has 0 aromatic carbocycles. The summed E-state index contributed by atoms with van der Waals surface area (Å²) in [4.78, 5) is 0. The molecule has 0 rings (SSSR count). The molecule has 0 saturated carbocycles. The Kier molecular flexibility index (Phi) is 5.51. The summed E-state index contributed by atoms with van der Waals surface area (Å²) in [6.45, 7) is 8.34. The molecule has 2 heteroatoms. The van der Waals surface area contributed by atoms with E-state index in [0.29, 0.717) is 11.3 Å². The van der Waals surface area contributed by atoms with Crippen molar-refractivity contribution < 1.29 is 4.74 Å². The Labute approximate surface area is 76.5 Å². The van der Waals surface area contributed by atoms with Gasteiger partial charge in [0.2, 0.25) is 0 Å². The van der Waals surface area contributed by atoms with Crippen molar-refractivity contribution in [2.45, 2.75) is 33.6 Å². The van der Waals surface area contributed by atoms with Gasteiger partial charge in [-0.2, -0.15) is 0 Å². The van der Waals surface area contributed by atoms with E-state index in [9.17, 15) is 0 Å². The Balaban J connectivity index is 3.93. The second kappa shape index (κ2) is 5.55. The summed E-state index contributed by atoms with van der Waals surface area (Å²) in [6, 6.07) is 0. The van der Waals surface area contributed by atoms with Gasteiger partial charge < -0.3 is 10.5 Å². The number of ether oxygens (including phenoxy) is 1. The van der Waals surface area contributed by atoms with E-state index in [0.717, 1.165) is 26.0 Å². The Morgan fingerprint density at radius 1 is 1.50 bits per heavy atom. The minimum absolute atomic E-state index is 0.290. The average molecular weight is 173 g/mol. The maximum Gasteiger partial charge on any atom is 0.0465 e. The van der Waals surface area contributed by atoms with Gasteiger partial charge in [-0.1, -0.05) is 20.8 Å². The third-order valence-corrected chi connectivity index (χ3v) is 3.22. The van der Waals surface area contributed by atoms with Crippen molar-refractivity contribution >= 4 is 0 Å². The van der Waals surface area contributed by atoms with Crippen LogP contribution in [0.15, 0.2) is 0 Å². The molecule has 0 aliphatic heterocycles. The maximum absolute atomic E-state index is 5.75. The molecule has 0 heterocycles. The number of hydrogen-bond donors (Lipinski definition) is 1. The van der Waals surface area contributed by atoms with Crippen molar-refractivity contribution in [2.24, 2.45) is 17.1 Å². The van der Waals surface area contributed by atoms with Crippen LogP contribution in [0.3, 0.4) is 0 Å². The number of methoxy groups -OCH3 is 1. The molecular weight excluding hydrogens is 150 g/mol. The summed E-state index contributed by atoms with van der Waals surface area (Å²) in [5.74, 6) is 0.646. The molecule has 0 bridgehead atoms. The molecule has 2 N–H and O–H groups in total. The lowest BCUT2D eigenvalue weighted by atomic mass is 9.74. The fourth-order valence-electron chi connectivity index (χ4n) is 1.34. The summed E-state index contributed by atoms with van der Waals surface area (Å²) >= 11 is 0. The van der Waals surface area contributed by atoms with Crippen LogP contribution in [-0.4, -0.2) is 20.3 Å². The third-order valence-electron chi connectivity index (χ3n) is 3.22. The second-order valence-corrected chi connectivity index (χ2v) is 3.89. The summed E-state index contributed by atoms with van der Waals surface area (Å²) < 4.78 is 5.06. The van der Waals surface area contributed by atoms with Crippen LogP contribution in [0, 0.1) is 11.3 Å². The van der Waals surface area contributed by atoms with Crippen LogP contribution in [0.2, 0.25) is 0 Å². The summed E-state index contributed by atoms with van der Waals surface area (Å²) in [7, 11) is 1.75. The number of hydrogen-bond acceptors (Lipinski definition) is 2. The van der Waals surface area contributed by atoms with Crippen molar-refractivity contribution in [3.8, 4) is 0 Å². The lowest BCUT2D eigenvalue weighted by Gasteiger charge is -2.33. The molecule has 0 aromatic rings.